The minimum absolute atomic E-state index is 0. The van der Waals surface area contributed by atoms with E-state index in [2.05, 4.69) is 16.4 Å². The fraction of sp³-hybridized carbons (Fsp3) is 0.385. The van der Waals surface area contributed by atoms with Crippen molar-refractivity contribution >= 4 is 39.9 Å². The van der Waals surface area contributed by atoms with E-state index in [9.17, 15) is 4.79 Å². The summed E-state index contributed by atoms with van der Waals surface area (Å²) in [6.07, 6.45) is 1.41. The summed E-state index contributed by atoms with van der Waals surface area (Å²) in [6, 6.07) is 7.64. The van der Waals surface area contributed by atoms with Crippen molar-refractivity contribution in [2.24, 2.45) is 5.73 Å². The summed E-state index contributed by atoms with van der Waals surface area (Å²) in [6.45, 7) is 2.49. The first kappa shape index (κ1) is 15.9. The van der Waals surface area contributed by atoms with E-state index in [1.807, 2.05) is 25.1 Å². The Balaban J connectivity index is 0.00000180. The molecule has 1 amide bonds. The molecule has 1 aromatic heterocycles. The van der Waals surface area contributed by atoms with E-state index in [4.69, 9.17) is 5.73 Å². The average Bonchev–Trinajstić information content (AvgIpc) is 2.80. The zero-order valence-electron chi connectivity index (χ0n) is 10.8. The molecule has 0 saturated heterocycles. The Kier molecular flexibility index (Phi) is 6.21. The molecule has 0 unspecified atom stereocenters. The van der Waals surface area contributed by atoms with Crippen molar-refractivity contribution in [3.8, 4) is 0 Å². The van der Waals surface area contributed by atoms with Gasteiger partial charge in [-0.2, -0.15) is 0 Å². The lowest BCUT2D eigenvalue weighted by molar-refractivity contribution is -0.122. The van der Waals surface area contributed by atoms with Crippen LogP contribution >= 0.6 is 23.7 Å². The molecule has 104 valence electrons. The Bertz CT molecular complexity index is 510. The highest BCUT2D eigenvalue weighted by Crippen LogP contribution is 2.21. The average molecular weight is 300 g/mol. The van der Waals surface area contributed by atoms with Gasteiger partial charge >= 0.3 is 0 Å². The number of carbonyl (C=O) groups is 1. The number of amides is 1. The van der Waals surface area contributed by atoms with Crippen LogP contribution in [0.1, 0.15) is 18.4 Å². The van der Waals surface area contributed by atoms with Crippen LogP contribution in [0.3, 0.4) is 0 Å². The van der Waals surface area contributed by atoms with Gasteiger partial charge in [0.25, 0.3) is 0 Å². The van der Waals surface area contributed by atoms with Crippen LogP contribution in [0.4, 0.5) is 0 Å². The molecule has 2 rings (SSSR count). The molecule has 1 atom stereocenters. The van der Waals surface area contributed by atoms with E-state index in [1.165, 1.54) is 4.70 Å². The zero-order valence-corrected chi connectivity index (χ0v) is 12.4. The van der Waals surface area contributed by atoms with E-state index in [1.54, 1.807) is 11.3 Å². The molecule has 0 saturated carbocycles. The molecule has 0 aliphatic heterocycles. The minimum atomic E-state index is -0.402. The molecule has 1 aromatic carbocycles. The molecule has 0 bridgehead atoms. The van der Waals surface area contributed by atoms with E-state index >= 15 is 0 Å². The lowest BCUT2D eigenvalue weighted by Gasteiger charge is -2.08. The van der Waals surface area contributed by atoms with Gasteiger partial charge in [0, 0.05) is 13.0 Å². The molecule has 0 aliphatic carbocycles. The fourth-order valence-corrected chi connectivity index (χ4v) is 2.60. The van der Waals surface area contributed by atoms with Crippen molar-refractivity contribution in [1.82, 2.24) is 10.3 Å². The Morgan fingerprint density at radius 2 is 2.21 bits per heavy atom. The van der Waals surface area contributed by atoms with Gasteiger partial charge in [-0.25, -0.2) is 4.98 Å². The first-order chi connectivity index (χ1) is 8.70. The third-order valence-electron chi connectivity index (χ3n) is 2.75. The van der Waals surface area contributed by atoms with Crippen LogP contribution in [0.15, 0.2) is 24.3 Å². The van der Waals surface area contributed by atoms with Crippen LogP contribution in [-0.4, -0.2) is 23.5 Å². The molecule has 0 fully saturated rings. The number of para-hydroxylation sites is 1. The first-order valence-corrected chi connectivity index (χ1v) is 6.90. The lowest BCUT2D eigenvalue weighted by atomic mass is 10.2. The second-order valence-electron chi connectivity index (χ2n) is 4.13. The Morgan fingerprint density at radius 1 is 1.47 bits per heavy atom. The number of carbonyl (C=O) groups excluding carboxylic acids is 1. The number of benzene rings is 1. The van der Waals surface area contributed by atoms with Gasteiger partial charge in [0.15, 0.2) is 0 Å². The van der Waals surface area contributed by atoms with Gasteiger partial charge in [-0.05, 0) is 18.6 Å². The third-order valence-corrected chi connectivity index (χ3v) is 3.85. The van der Waals surface area contributed by atoms with E-state index in [0.29, 0.717) is 13.0 Å². The van der Waals surface area contributed by atoms with Gasteiger partial charge in [-0.15, -0.1) is 23.7 Å². The van der Waals surface area contributed by atoms with Crippen LogP contribution in [0.25, 0.3) is 10.2 Å². The number of aromatic nitrogens is 1. The van der Waals surface area contributed by atoms with Gasteiger partial charge in [0.1, 0.15) is 0 Å². The Morgan fingerprint density at radius 3 is 2.89 bits per heavy atom. The van der Waals surface area contributed by atoms with Gasteiger partial charge in [0.05, 0.1) is 21.3 Å². The highest BCUT2D eigenvalue weighted by Gasteiger charge is 2.10. The predicted octanol–water partition coefficient (Wildman–Crippen LogP) is 2.11. The van der Waals surface area contributed by atoms with Crippen LogP contribution in [0.2, 0.25) is 0 Å². The second-order valence-corrected chi connectivity index (χ2v) is 5.25. The molecule has 1 heterocycles. The third kappa shape index (κ3) is 4.16. The highest BCUT2D eigenvalue weighted by molar-refractivity contribution is 7.18. The number of nitrogens with one attached hydrogen (secondary N) is 1. The van der Waals surface area contributed by atoms with Crippen LogP contribution in [-0.2, 0) is 11.2 Å². The molecular weight excluding hydrogens is 282 g/mol. The van der Waals surface area contributed by atoms with Gasteiger partial charge in [-0.1, -0.05) is 19.1 Å². The number of thiazole rings is 1. The molecule has 2 aromatic rings. The number of hydrogen-bond acceptors (Lipinski definition) is 4. The van der Waals surface area contributed by atoms with Crippen LogP contribution in [0, 0.1) is 0 Å². The predicted molar refractivity (Wildman–Crippen MR) is 81.8 cm³/mol. The number of nitrogens with zero attached hydrogens (tertiary/aromatic N) is 1. The molecule has 0 radical (unpaired) electrons. The summed E-state index contributed by atoms with van der Waals surface area (Å²) in [5.41, 5.74) is 6.65. The minimum Gasteiger partial charge on any atom is -0.354 e. The summed E-state index contributed by atoms with van der Waals surface area (Å²) in [5.74, 6) is -0.0846. The maximum atomic E-state index is 11.5. The topological polar surface area (TPSA) is 68.0 Å². The summed E-state index contributed by atoms with van der Waals surface area (Å²) < 4.78 is 1.18. The monoisotopic (exact) mass is 299 g/mol. The Labute approximate surface area is 122 Å². The maximum Gasteiger partial charge on any atom is 0.236 e. The van der Waals surface area contributed by atoms with Gasteiger partial charge in [0.2, 0.25) is 5.91 Å². The van der Waals surface area contributed by atoms with Crippen molar-refractivity contribution in [2.45, 2.75) is 25.8 Å². The van der Waals surface area contributed by atoms with Crippen molar-refractivity contribution < 1.29 is 4.79 Å². The molecule has 3 N–H and O–H groups in total. The quantitative estimate of drug-likeness (QED) is 0.888. The number of rotatable bonds is 5. The summed E-state index contributed by atoms with van der Waals surface area (Å²) in [4.78, 5) is 16.0. The second kappa shape index (κ2) is 7.43. The van der Waals surface area contributed by atoms with Crippen molar-refractivity contribution in [3.05, 3.63) is 29.3 Å². The molecule has 0 aliphatic rings. The molecule has 19 heavy (non-hydrogen) atoms. The molecule has 4 nitrogen and oxygen atoms in total. The van der Waals surface area contributed by atoms with E-state index < -0.39 is 6.04 Å². The zero-order chi connectivity index (χ0) is 13.0. The van der Waals surface area contributed by atoms with Crippen molar-refractivity contribution in [3.63, 3.8) is 0 Å². The SMILES string of the molecule is CC[C@H](N)C(=O)NCCc1nc2ccccc2s1.Cl. The number of nitrogens with two attached hydrogens (primary N) is 1. The first-order valence-electron chi connectivity index (χ1n) is 6.08. The standard InChI is InChI=1S/C13H17N3OS.ClH/c1-2-9(14)13(17)15-8-7-12-16-10-5-3-4-6-11(10)18-12;/h3-6,9H,2,7-8,14H2,1H3,(H,15,17);1H/t9-;/m0./s1. The number of halogens is 1. The smallest absolute Gasteiger partial charge is 0.236 e. The fourth-order valence-electron chi connectivity index (χ4n) is 1.64. The van der Waals surface area contributed by atoms with Crippen LogP contribution in [0.5, 0.6) is 0 Å². The summed E-state index contributed by atoms with van der Waals surface area (Å²) in [5, 5.41) is 3.87. The van der Waals surface area contributed by atoms with E-state index in [-0.39, 0.29) is 18.3 Å². The summed E-state index contributed by atoms with van der Waals surface area (Å²) >= 11 is 1.67. The molecule has 6 heteroatoms. The normalized spacial score (nSPS) is 11.9. The highest BCUT2D eigenvalue weighted by atomic mass is 35.5. The molecule has 0 spiro atoms. The number of fused-ring (bicyclic) bond motifs is 1. The lowest BCUT2D eigenvalue weighted by Crippen LogP contribution is -2.40. The van der Waals surface area contributed by atoms with Crippen molar-refractivity contribution in [1.29, 1.82) is 0 Å². The van der Waals surface area contributed by atoms with E-state index in [0.717, 1.165) is 16.9 Å². The number of hydrogen-bond donors (Lipinski definition) is 2. The summed E-state index contributed by atoms with van der Waals surface area (Å²) in [7, 11) is 0. The van der Waals surface area contributed by atoms with Crippen LogP contribution < -0.4 is 11.1 Å². The molecular formula is C13H18ClN3OS. The van der Waals surface area contributed by atoms with Gasteiger partial charge in [-0.3, -0.25) is 4.79 Å². The largest absolute Gasteiger partial charge is 0.354 e. The maximum absolute atomic E-state index is 11.5. The Hall–Kier alpha value is -1.17. The van der Waals surface area contributed by atoms with Gasteiger partial charge < -0.3 is 11.1 Å². The van der Waals surface area contributed by atoms with Crippen molar-refractivity contribution in [2.75, 3.05) is 6.54 Å².